The molecular formula is C24H27N3O2. The van der Waals surface area contributed by atoms with Crippen LogP contribution in [0.2, 0.25) is 0 Å². The lowest BCUT2D eigenvalue weighted by Gasteiger charge is -2.37. The summed E-state index contributed by atoms with van der Waals surface area (Å²) in [6.45, 7) is 7.06. The zero-order valence-electron chi connectivity index (χ0n) is 17.0. The molecule has 1 fully saturated rings. The monoisotopic (exact) mass is 389 g/mol. The third kappa shape index (κ3) is 4.22. The highest BCUT2D eigenvalue weighted by Gasteiger charge is 2.32. The number of aliphatic hydroxyl groups excluding tert-OH is 1. The molecule has 3 heterocycles. The highest BCUT2D eigenvalue weighted by Crippen LogP contribution is 2.38. The van der Waals surface area contributed by atoms with Gasteiger partial charge in [-0.2, -0.15) is 0 Å². The molecule has 4 rings (SSSR count). The van der Waals surface area contributed by atoms with Gasteiger partial charge < -0.3 is 9.84 Å². The first kappa shape index (κ1) is 19.7. The minimum atomic E-state index is -0.735. The molecule has 0 bridgehead atoms. The summed E-state index contributed by atoms with van der Waals surface area (Å²) in [5.41, 5.74) is 6.08. The molecule has 1 N–H and O–H groups in total. The van der Waals surface area contributed by atoms with Gasteiger partial charge in [-0.05, 0) is 37.1 Å². The van der Waals surface area contributed by atoms with Crippen LogP contribution in [0.4, 0.5) is 0 Å². The Bertz CT molecular complexity index is 955. The van der Waals surface area contributed by atoms with Gasteiger partial charge >= 0.3 is 0 Å². The summed E-state index contributed by atoms with van der Waals surface area (Å²) in [6, 6.07) is 14.0. The maximum absolute atomic E-state index is 11.6. The van der Waals surface area contributed by atoms with Crippen molar-refractivity contribution in [3.63, 3.8) is 0 Å². The number of aromatic nitrogens is 2. The maximum Gasteiger partial charge on any atom is 0.101 e. The lowest BCUT2D eigenvalue weighted by molar-refractivity contribution is -0.0238. The molecular weight excluding hydrogens is 362 g/mol. The van der Waals surface area contributed by atoms with Crippen molar-refractivity contribution >= 4 is 0 Å². The largest absolute Gasteiger partial charge is 0.386 e. The number of aliphatic hydroxyl groups is 1. The first-order valence-electron chi connectivity index (χ1n) is 10.1. The van der Waals surface area contributed by atoms with E-state index in [0.717, 1.165) is 41.0 Å². The number of hydrogen-bond acceptors (Lipinski definition) is 5. The minimum absolute atomic E-state index is 0.207. The van der Waals surface area contributed by atoms with Crippen molar-refractivity contribution in [1.82, 2.24) is 14.9 Å². The zero-order valence-corrected chi connectivity index (χ0v) is 17.0. The molecule has 3 aromatic rings. The normalized spacial score (nSPS) is 17.1. The molecule has 1 aliphatic rings. The summed E-state index contributed by atoms with van der Waals surface area (Å²) >= 11 is 0. The van der Waals surface area contributed by atoms with E-state index in [1.54, 1.807) is 12.4 Å². The van der Waals surface area contributed by atoms with E-state index in [1.807, 2.05) is 30.5 Å². The number of hydrogen-bond donors (Lipinski definition) is 1. The summed E-state index contributed by atoms with van der Waals surface area (Å²) in [6.07, 6.45) is 4.66. The van der Waals surface area contributed by atoms with Crippen LogP contribution in [-0.2, 0) is 4.74 Å². The summed E-state index contributed by atoms with van der Waals surface area (Å²) in [5.74, 6) is 0. The molecule has 5 nitrogen and oxygen atoms in total. The van der Waals surface area contributed by atoms with Crippen LogP contribution in [0.15, 0.2) is 61.1 Å². The fourth-order valence-electron chi connectivity index (χ4n) is 4.13. The van der Waals surface area contributed by atoms with Crippen molar-refractivity contribution in [2.45, 2.75) is 26.0 Å². The summed E-state index contributed by atoms with van der Waals surface area (Å²) in [7, 11) is 0. The molecule has 29 heavy (non-hydrogen) atoms. The molecule has 0 radical (unpaired) electrons. The van der Waals surface area contributed by atoms with Crippen molar-refractivity contribution in [2.75, 3.05) is 26.3 Å². The number of morpholine rings is 1. The van der Waals surface area contributed by atoms with Crippen LogP contribution >= 0.6 is 0 Å². The SMILES string of the molecule is Cc1ccc(-c2ncccc2[C@@H](O)[C@H](c2cccnc2)N2CCOCC2)c(C)c1. The smallest absolute Gasteiger partial charge is 0.101 e. The average molecular weight is 389 g/mol. The van der Waals surface area contributed by atoms with Crippen LogP contribution in [0.5, 0.6) is 0 Å². The Labute approximate surface area is 172 Å². The Kier molecular flexibility index (Phi) is 6.00. The quantitative estimate of drug-likeness (QED) is 0.718. The van der Waals surface area contributed by atoms with Crippen LogP contribution in [0.1, 0.15) is 34.4 Å². The highest BCUT2D eigenvalue weighted by molar-refractivity contribution is 5.67. The van der Waals surface area contributed by atoms with E-state index in [4.69, 9.17) is 4.74 Å². The molecule has 1 aromatic carbocycles. The number of benzene rings is 1. The van der Waals surface area contributed by atoms with E-state index in [9.17, 15) is 5.11 Å². The molecule has 0 unspecified atom stereocenters. The molecule has 1 aliphatic heterocycles. The average Bonchev–Trinajstić information content (AvgIpc) is 2.75. The lowest BCUT2D eigenvalue weighted by atomic mass is 9.91. The van der Waals surface area contributed by atoms with E-state index in [0.29, 0.717) is 13.2 Å². The van der Waals surface area contributed by atoms with Crippen molar-refractivity contribution in [3.8, 4) is 11.3 Å². The molecule has 0 saturated carbocycles. The molecule has 0 amide bonds. The minimum Gasteiger partial charge on any atom is -0.386 e. The molecule has 2 atom stereocenters. The van der Waals surface area contributed by atoms with Crippen LogP contribution in [0, 0.1) is 13.8 Å². The molecule has 150 valence electrons. The van der Waals surface area contributed by atoms with Gasteiger partial charge in [0.1, 0.15) is 6.10 Å². The third-order valence-corrected chi connectivity index (χ3v) is 5.56. The zero-order chi connectivity index (χ0) is 20.2. The summed E-state index contributed by atoms with van der Waals surface area (Å²) < 4.78 is 5.54. The van der Waals surface area contributed by atoms with Crippen molar-refractivity contribution < 1.29 is 9.84 Å². The van der Waals surface area contributed by atoms with Crippen LogP contribution < -0.4 is 0 Å². The number of ether oxygens (including phenoxy) is 1. The molecule has 2 aromatic heterocycles. The van der Waals surface area contributed by atoms with Gasteiger partial charge in [0.15, 0.2) is 0 Å². The van der Waals surface area contributed by atoms with Gasteiger partial charge in [0.2, 0.25) is 0 Å². The van der Waals surface area contributed by atoms with Gasteiger partial charge in [0, 0.05) is 42.8 Å². The predicted octanol–water partition coefficient (Wildman–Crippen LogP) is 3.87. The van der Waals surface area contributed by atoms with E-state index in [2.05, 4.69) is 46.9 Å². The maximum atomic E-state index is 11.6. The van der Waals surface area contributed by atoms with Gasteiger partial charge in [-0.15, -0.1) is 0 Å². The van der Waals surface area contributed by atoms with Crippen LogP contribution in [0.25, 0.3) is 11.3 Å². The van der Waals surface area contributed by atoms with Crippen molar-refractivity contribution in [3.05, 3.63) is 83.3 Å². The van der Waals surface area contributed by atoms with E-state index in [1.165, 1.54) is 5.56 Å². The van der Waals surface area contributed by atoms with Crippen molar-refractivity contribution in [1.29, 1.82) is 0 Å². The molecule has 0 spiro atoms. The number of aryl methyl sites for hydroxylation is 2. The third-order valence-electron chi connectivity index (χ3n) is 5.56. The topological polar surface area (TPSA) is 58.5 Å². The fourth-order valence-corrected chi connectivity index (χ4v) is 4.13. The van der Waals surface area contributed by atoms with Gasteiger partial charge in [0.05, 0.1) is 24.9 Å². The van der Waals surface area contributed by atoms with Crippen LogP contribution in [-0.4, -0.2) is 46.3 Å². The second kappa shape index (κ2) is 8.82. The Morgan fingerprint density at radius 3 is 2.55 bits per heavy atom. The molecule has 1 saturated heterocycles. The standard InChI is InChI=1S/C24H27N3O2/c1-17-7-8-20(18(2)15-17)22-21(6-4-10-26-22)24(28)23(19-5-3-9-25-16-19)27-11-13-29-14-12-27/h3-10,15-16,23-24,28H,11-14H2,1-2H3/t23-,24+/m0/s1. The van der Waals surface area contributed by atoms with Gasteiger partial charge in [-0.3, -0.25) is 14.9 Å². The van der Waals surface area contributed by atoms with Crippen LogP contribution in [0.3, 0.4) is 0 Å². The Balaban J connectivity index is 1.78. The second-order valence-corrected chi connectivity index (χ2v) is 7.58. The number of nitrogens with zero attached hydrogens (tertiary/aromatic N) is 3. The fraction of sp³-hybridized carbons (Fsp3) is 0.333. The Hall–Kier alpha value is -2.60. The van der Waals surface area contributed by atoms with E-state index >= 15 is 0 Å². The Morgan fingerprint density at radius 1 is 1.03 bits per heavy atom. The predicted molar refractivity (Wildman–Crippen MR) is 113 cm³/mol. The molecule has 0 aliphatic carbocycles. The summed E-state index contributed by atoms with van der Waals surface area (Å²) in [4.78, 5) is 11.2. The number of rotatable bonds is 5. The molecule has 5 heteroatoms. The lowest BCUT2D eigenvalue weighted by Crippen LogP contribution is -2.41. The van der Waals surface area contributed by atoms with E-state index in [-0.39, 0.29) is 6.04 Å². The van der Waals surface area contributed by atoms with Crippen molar-refractivity contribution in [2.24, 2.45) is 0 Å². The summed E-state index contributed by atoms with van der Waals surface area (Å²) in [5, 5.41) is 11.6. The first-order valence-corrected chi connectivity index (χ1v) is 10.1. The van der Waals surface area contributed by atoms with E-state index < -0.39 is 6.10 Å². The Morgan fingerprint density at radius 2 is 1.83 bits per heavy atom. The first-order chi connectivity index (χ1) is 14.1. The van der Waals surface area contributed by atoms with Gasteiger partial charge in [0.25, 0.3) is 0 Å². The van der Waals surface area contributed by atoms with Gasteiger partial charge in [-0.25, -0.2) is 0 Å². The second-order valence-electron chi connectivity index (χ2n) is 7.58. The van der Waals surface area contributed by atoms with Gasteiger partial charge in [-0.1, -0.05) is 35.9 Å². The highest BCUT2D eigenvalue weighted by atomic mass is 16.5. The number of pyridine rings is 2.